The van der Waals surface area contributed by atoms with Crippen LogP contribution in [0.5, 0.6) is 0 Å². The van der Waals surface area contributed by atoms with Crippen molar-refractivity contribution in [1.29, 1.82) is 0 Å². The summed E-state index contributed by atoms with van der Waals surface area (Å²) in [5.74, 6) is -0.349. The number of hydrogen-bond donors (Lipinski definition) is 2. The molecule has 2 atom stereocenters. The van der Waals surface area contributed by atoms with Crippen LogP contribution in [-0.2, 0) is 16.1 Å². The lowest BCUT2D eigenvalue weighted by atomic mass is 10.00. The summed E-state index contributed by atoms with van der Waals surface area (Å²) in [5.41, 5.74) is 10.5. The fraction of sp³-hybridized carbons (Fsp3) is 0.562. The number of nitrogens with two attached hydrogens (primary N) is 1. The highest BCUT2D eigenvalue weighted by Gasteiger charge is 2.28. The molecule has 0 aromatic heterocycles. The Bertz CT molecular complexity index is 476. The van der Waals surface area contributed by atoms with E-state index < -0.39 is 6.10 Å². The molecule has 0 radical (unpaired) electrons. The highest BCUT2D eigenvalue weighted by Crippen LogP contribution is 2.19. The van der Waals surface area contributed by atoms with Gasteiger partial charge in [0.2, 0.25) is 5.91 Å². The van der Waals surface area contributed by atoms with E-state index in [4.69, 9.17) is 10.5 Å². The van der Waals surface area contributed by atoms with Crippen molar-refractivity contribution < 1.29 is 9.53 Å². The van der Waals surface area contributed by atoms with E-state index in [-0.39, 0.29) is 12.0 Å². The molecule has 1 fully saturated rings. The van der Waals surface area contributed by atoms with Crippen LogP contribution in [0.4, 0.5) is 0 Å². The van der Waals surface area contributed by atoms with Crippen molar-refractivity contribution in [3.63, 3.8) is 0 Å². The van der Waals surface area contributed by atoms with Crippen LogP contribution in [-0.4, -0.2) is 24.7 Å². The first-order valence-electron chi connectivity index (χ1n) is 7.19. The van der Waals surface area contributed by atoms with E-state index in [0.717, 1.165) is 25.9 Å². The molecule has 1 aliphatic rings. The van der Waals surface area contributed by atoms with Crippen molar-refractivity contribution in [2.24, 2.45) is 5.73 Å². The molecule has 0 aliphatic carbocycles. The first-order valence-corrected chi connectivity index (χ1v) is 7.19. The predicted octanol–water partition coefficient (Wildman–Crippen LogP) is 1.73. The minimum atomic E-state index is -0.398. The molecule has 3 N–H and O–H groups in total. The van der Waals surface area contributed by atoms with E-state index in [0.29, 0.717) is 0 Å². The minimum Gasteiger partial charge on any atom is -0.367 e. The summed E-state index contributed by atoms with van der Waals surface area (Å²) < 4.78 is 5.60. The van der Waals surface area contributed by atoms with E-state index in [1.807, 2.05) is 0 Å². The van der Waals surface area contributed by atoms with Gasteiger partial charge in [-0.15, -0.1) is 0 Å². The lowest BCUT2D eigenvalue weighted by Crippen LogP contribution is -2.32. The summed E-state index contributed by atoms with van der Waals surface area (Å²) in [5, 5.41) is 3.43. The standard InChI is InChI=1S/C16H24N2O2/c1-10-6-11(2)14(12(3)7-10)9-18-8-13-4-5-15(20-13)16(17)19/h6-7,13,15,18H,4-5,8-9H2,1-3H3,(H2,17,19)/t13-,15-/m1/s1. The van der Waals surface area contributed by atoms with Crippen molar-refractivity contribution in [2.75, 3.05) is 6.54 Å². The van der Waals surface area contributed by atoms with Gasteiger partial charge in [0, 0.05) is 13.1 Å². The lowest BCUT2D eigenvalue weighted by Gasteiger charge is -2.15. The third-order valence-electron chi connectivity index (χ3n) is 3.94. The summed E-state index contributed by atoms with van der Waals surface area (Å²) in [6, 6.07) is 4.42. The largest absolute Gasteiger partial charge is 0.367 e. The zero-order chi connectivity index (χ0) is 14.7. The molecule has 4 nitrogen and oxygen atoms in total. The summed E-state index contributed by atoms with van der Waals surface area (Å²) in [4.78, 5) is 11.0. The van der Waals surface area contributed by atoms with Gasteiger partial charge in [0.15, 0.2) is 0 Å². The first-order chi connectivity index (χ1) is 9.47. The molecule has 0 spiro atoms. The molecule has 1 saturated heterocycles. The molecular formula is C16H24N2O2. The molecule has 20 heavy (non-hydrogen) atoms. The number of carbonyl (C=O) groups excluding carboxylic acids is 1. The minimum absolute atomic E-state index is 0.0959. The Hall–Kier alpha value is -1.39. The van der Waals surface area contributed by atoms with Gasteiger partial charge in [-0.05, 0) is 50.3 Å². The monoisotopic (exact) mass is 276 g/mol. The average molecular weight is 276 g/mol. The van der Waals surface area contributed by atoms with E-state index in [2.05, 4.69) is 38.2 Å². The molecule has 0 bridgehead atoms. The van der Waals surface area contributed by atoms with E-state index in [9.17, 15) is 4.79 Å². The van der Waals surface area contributed by atoms with Crippen molar-refractivity contribution in [3.8, 4) is 0 Å². The van der Waals surface area contributed by atoms with E-state index in [1.165, 1.54) is 22.3 Å². The normalized spacial score (nSPS) is 22.1. The van der Waals surface area contributed by atoms with Gasteiger partial charge < -0.3 is 15.8 Å². The molecule has 0 saturated carbocycles. The second kappa shape index (κ2) is 6.37. The molecule has 1 aromatic rings. The van der Waals surface area contributed by atoms with E-state index >= 15 is 0 Å². The molecule has 1 heterocycles. The SMILES string of the molecule is Cc1cc(C)c(CNC[C@H]2CC[C@H](C(N)=O)O2)c(C)c1. The summed E-state index contributed by atoms with van der Waals surface area (Å²) in [7, 11) is 0. The van der Waals surface area contributed by atoms with Crippen LogP contribution in [0.15, 0.2) is 12.1 Å². The maximum atomic E-state index is 11.0. The zero-order valence-corrected chi connectivity index (χ0v) is 12.5. The van der Waals surface area contributed by atoms with Crippen LogP contribution in [0.25, 0.3) is 0 Å². The van der Waals surface area contributed by atoms with Gasteiger partial charge in [0.1, 0.15) is 6.10 Å². The van der Waals surface area contributed by atoms with Gasteiger partial charge in [-0.3, -0.25) is 4.79 Å². The third-order valence-corrected chi connectivity index (χ3v) is 3.94. The van der Waals surface area contributed by atoms with E-state index in [1.54, 1.807) is 0 Å². The van der Waals surface area contributed by atoms with Gasteiger partial charge in [-0.25, -0.2) is 0 Å². The van der Waals surface area contributed by atoms with Crippen LogP contribution in [0.2, 0.25) is 0 Å². The molecule has 1 aromatic carbocycles. The number of benzene rings is 1. The second-order valence-electron chi connectivity index (χ2n) is 5.73. The molecular weight excluding hydrogens is 252 g/mol. The molecule has 4 heteroatoms. The number of rotatable bonds is 5. The Morgan fingerprint density at radius 2 is 1.95 bits per heavy atom. The van der Waals surface area contributed by atoms with Crippen LogP contribution in [0.3, 0.4) is 0 Å². The Balaban J connectivity index is 1.84. The maximum absolute atomic E-state index is 11.0. The number of amides is 1. The fourth-order valence-corrected chi connectivity index (χ4v) is 2.91. The maximum Gasteiger partial charge on any atom is 0.246 e. The zero-order valence-electron chi connectivity index (χ0n) is 12.5. The van der Waals surface area contributed by atoms with Crippen LogP contribution >= 0.6 is 0 Å². The number of nitrogens with one attached hydrogen (secondary N) is 1. The van der Waals surface area contributed by atoms with Gasteiger partial charge >= 0.3 is 0 Å². The molecule has 1 aliphatic heterocycles. The van der Waals surface area contributed by atoms with Crippen molar-refractivity contribution in [1.82, 2.24) is 5.32 Å². The van der Waals surface area contributed by atoms with Crippen molar-refractivity contribution in [3.05, 3.63) is 34.4 Å². The molecule has 110 valence electrons. The lowest BCUT2D eigenvalue weighted by molar-refractivity contribution is -0.128. The Morgan fingerprint density at radius 3 is 2.50 bits per heavy atom. The summed E-state index contributed by atoms with van der Waals surface area (Å²) in [6.45, 7) is 8.00. The average Bonchev–Trinajstić information content (AvgIpc) is 2.81. The van der Waals surface area contributed by atoms with Crippen molar-refractivity contribution in [2.45, 2.75) is 52.4 Å². The van der Waals surface area contributed by atoms with Crippen LogP contribution in [0.1, 0.15) is 35.1 Å². The number of aryl methyl sites for hydroxylation is 3. The highest BCUT2D eigenvalue weighted by atomic mass is 16.5. The molecule has 1 amide bonds. The number of ether oxygens (including phenoxy) is 1. The fourth-order valence-electron chi connectivity index (χ4n) is 2.91. The first kappa shape index (κ1) is 15.0. The molecule has 2 rings (SSSR count). The summed E-state index contributed by atoms with van der Waals surface area (Å²) >= 11 is 0. The number of carbonyl (C=O) groups is 1. The second-order valence-corrected chi connectivity index (χ2v) is 5.73. The highest BCUT2D eigenvalue weighted by molar-refractivity contribution is 5.79. The van der Waals surface area contributed by atoms with Crippen LogP contribution in [0, 0.1) is 20.8 Å². The van der Waals surface area contributed by atoms with Gasteiger partial charge in [-0.1, -0.05) is 17.7 Å². The van der Waals surface area contributed by atoms with Gasteiger partial charge in [-0.2, -0.15) is 0 Å². The Labute approximate surface area is 120 Å². The number of primary amides is 1. The topological polar surface area (TPSA) is 64.3 Å². The Morgan fingerprint density at radius 1 is 1.30 bits per heavy atom. The quantitative estimate of drug-likeness (QED) is 0.861. The summed E-state index contributed by atoms with van der Waals surface area (Å²) in [6.07, 6.45) is 1.33. The molecule has 0 unspecified atom stereocenters. The third kappa shape index (κ3) is 3.58. The smallest absolute Gasteiger partial charge is 0.246 e. The van der Waals surface area contributed by atoms with Crippen LogP contribution < -0.4 is 11.1 Å². The van der Waals surface area contributed by atoms with Gasteiger partial charge in [0.25, 0.3) is 0 Å². The number of hydrogen-bond acceptors (Lipinski definition) is 3. The van der Waals surface area contributed by atoms with Crippen molar-refractivity contribution >= 4 is 5.91 Å². The Kier molecular flexibility index (Phi) is 4.78. The van der Waals surface area contributed by atoms with Gasteiger partial charge in [0.05, 0.1) is 6.10 Å². The predicted molar refractivity (Wildman–Crippen MR) is 79.4 cm³/mol.